The lowest BCUT2D eigenvalue weighted by atomic mass is 9.84. The summed E-state index contributed by atoms with van der Waals surface area (Å²) in [6.45, 7) is 2.89. The third-order valence-corrected chi connectivity index (χ3v) is 5.70. The number of hydrogen-bond donors (Lipinski definition) is 1. The summed E-state index contributed by atoms with van der Waals surface area (Å²) >= 11 is 0. The van der Waals surface area contributed by atoms with Crippen LogP contribution >= 0.6 is 0 Å². The Balaban J connectivity index is 1.78. The zero-order chi connectivity index (χ0) is 22.8. The van der Waals surface area contributed by atoms with Crippen LogP contribution in [0.15, 0.2) is 72.8 Å². The van der Waals surface area contributed by atoms with Crippen LogP contribution in [0.25, 0.3) is 0 Å². The number of methoxy groups -OCH3 is 2. The first kappa shape index (κ1) is 23.4. The van der Waals surface area contributed by atoms with Gasteiger partial charge in [0.1, 0.15) is 11.5 Å². The van der Waals surface area contributed by atoms with Crippen molar-refractivity contribution < 1.29 is 14.3 Å². The summed E-state index contributed by atoms with van der Waals surface area (Å²) in [7, 11) is 3.36. The molecule has 0 saturated heterocycles. The molecule has 0 aliphatic heterocycles. The van der Waals surface area contributed by atoms with Gasteiger partial charge in [0, 0.05) is 18.9 Å². The van der Waals surface area contributed by atoms with Crippen molar-refractivity contribution in [1.82, 2.24) is 5.32 Å². The van der Waals surface area contributed by atoms with Crippen molar-refractivity contribution in [2.24, 2.45) is 0 Å². The van der Waals surface area contributed by atoms with Gasteiger partial charge in [-0.3, -0.25) is 4.79 Å². The van der Waals surface area contributed by atoms with Crippen LogP contribution in [0.2, 0.25) is 0 Å². The molecule has 0 radical (unpaired) electrons. The fourth-order valence-electron chi connectivity index (χ4n) is 3.80. The van der Waals surface area contributed by atoms with E-state index in [1.54, 1.807) is 14.2 Å². The number of rotatable bonds is 11. The van der Waals surface area contributed by atoms with Gasteiger partial charge in [0.2, 0.25) is 5.91 Å². The topological polar surface area (TPSA) is 47.6 Å². The lowest BCUT2D eigenvalue weighted by Crippen LogP contribution is -2.24. The van der Waals surface area contributed by atoms with Crippen molar-refractivity contribution in [1.29, 1.82) is 0 Å². The second kappa shape index (κ2) is 11.9. The molecule has 0 aliphatic rings. The standard InChI is InChI=1S/C28H33NO3/c1-4-5-20-29-27(30)19-8-21-6-9-22(10-7-21)28(23-11-15-25(31-2)16-12-23)24-13-17-26(32-3)18-14-24/h6-7,9-18,28H,4-5,8,19-20H2,1-3H3,(H,29,30). The molecule has 0 spiro atoms. The molecule has 0 aromatic heterocycles. The van der Waals surface area contributed by atoms with Gasteiger partial charge in [0.25, 0.3) is 0 Å². The Morgan fingerprint density at radius 3 is 1.69 bits per heavy atom. The maximum absolute atomic E-state index is 12.0. The summed E-state index contributed by atoms with van der Waals surface area (Å²) in [6.07, 6.45) is 3.38. The summed E-state index contributed by atoms with van der Waals surface area (Å²) in [5.74, 6) is 1.90. The lowest BCUT2D eigenvalue weighted by molar-refractivity contribution is -0.121. The number of amides is 1. The van der Waals surface area contributed by atoms with Crippen molar-refractivity contribution >= 4 is 5.91 Å². The first-order chi connectivity index (χ1) is 15.6. The molecule has 0 heterocycles. The van der Waals surface area contributed by atoms with Crippen LogP contribution < -0.4 is 14.8 Å². The van der Waals surface area contributed by atoms with Crippen molar-refractivity contribution in [2.75, 3.05) is 20.8 Å². The van der Waals surface area contributed by atoms with E-state index in [0.717, 1.165) is 37.3 Å². The maximum atomic E-state index is 12.0. The van der Waals surface area contributed by atoms with Crippen molar-refractivity contribution in [3.05, 3.63) is 95.1 Å². The minimum absolute atomic E-state index is 0.0956. The van der Waals surface area contributed by atoms with E-state index in [4.69, 9.17) is 9.47 Å². The van der Waals surface area contributed by atoms with Crippen LogP contribution in [0.5, 0.6) is 11.5 Å². The van der Waals surface area contributed by atoms with Crippen molar-refractivity contribution in [3.8, 4) is 11.5 Å². The quantitative estimate of drug-likeness (QED) is 0.311. The Labute approximate surface area is 191 Å². The summed E-state index contributed by atoms with van der Waals surface area (Å²) < 4.78 is 10.7. The van der Waals surface area contributed by atoms with Crippen LogP contribution in [-0.2, 0) is 11.2 Å². The first-order valence-corrected chi connectivity index (χ1v) is 11.3. The predicted molar refractivity (Wildman–Crippen MR) is 130 cm³/mol. The first-order valence-electron chi connectivity index (χ1n) is 11.3. The number of ether oxygens (including phenoxy) is 2. The summed E-state index contributed by atoms with van der Waals surface area (Å²) in [5.41, 5.74) is 4.76. The fraction of sp³-hybridized carbons (Fsp3) is 0.321. The average Bonchev–Trinajstić information content (AvgIpc) is 2.85. The van der Waals surface area contributed by atoms with Gasteiger partial charge in [-0.1, -0.05) is 61.9 Å². The summed E-state index contributed by atoms with van der Waals surface area (Å²) in [6, 6.07) is 25.1. The zero-order valence-electron chi connectivity index (χ0n) is 19.3. The highest BCUT2D eigenvalue weighted by atomic mass is 16.5. The molecule has 1 amide bonds. The molecular formula is C28H33NO3. The third kappa shape index (κ3) is 6.36. The summed E-state index contributed by atoms with van der Waals surface area (Å²) in [4.78, 5) is 12.0. The molecular weight excluding hydrogens is 398 g/mol. The van der Waals surface area contributed by atoms with Crippen LogP contribution in [0, 0.1) is 0 Å². The van der Waals surface area contributed by atoms with Crippen LogP contribution in [0.1, 0.15) is 54.4 Å². The number of unbranched alkanes of at least 4 members (excludes halogenated alkanes) is 1. The van der Waals surface area contributed by atoms with Gasteiger partial charge in [-0.15, -0.1) is 0 Å². The maximum Gasteiger partial charge on any atom is 0.220 e. The lowest BCUT2D eigenvalue weighted by Gasteiger charge is -2.20. The largest absolute Gasteiger partial charge is 0.497 e. The van der Waals surface area contributed by atoms with E-state index >= 15 is 0 Å². The normalized spacial score (nSPS) is 10.8. The predicted octanol–water partition coefficient (Wildman–Crippen LogP) is 5.73. The smallest absolute Gasteiger partial charge is 0.220 e. The number of hydrogen-bond acceptors (Lipinski definition) is 3. The zero-order valence-corrected chi connectivity index (χ0v) is 19.3. The number of aryl methyl sites for hydroxylation is 1. The molecule has 3 aromatic carbocycles. The van der Waals surface area contributed by atoms with E-state index in [1.807, 2.05) is 24.3 Å². The highest BCUT2D eigenvalue weighted by Crippen LogP contribution is 2.34. The molecule has 0 fully saturated rings. The Kier molecular flexibility index (Phi) is 8.73. The van der Waals surface area contributed by atoms with Crippen LogP contribution in [0.4, 0.5) is 0 Å². The Hall–Kier alpha value is -3.27. The monoisotopic (exact) mass is 431 g/mol. The molecule has 0 saturated carbocycles. The van der Waals surface area contributed by atoms with E-state index in [0.29, 0.717) is 6.42 Å². The highest BCUT2D eigenvalue weighted by Gasteiger charge is 2.17. The van der Waals surface area contributed by atoms with Gasteiger partial charge in [-0.25, -0.2) is 0 Å². The number of benzene rings is 3. The van der Waals surface area contributed by atoms with Gasteiger partial charge in [0.15, 0.2) is 0 Å². The highest BCUT2D eigenvalue weighted by molar-refractivity contribution is 5.76. The molecule has 0 atom stereocenters. The van der Waals surface area contributed by atoms with Gasteiger partial charge in [0.05, 0.1) is 14.2 Å². The fourth-order valence-corrected chi connectivity index (χ4v) is 3.80. The Morgan fingerprint density at radius 1 is 0.781 bits per heavy atom. The van der Waals surface area contributed by atoms with E-state index < -0.39 is 0 Å². The van der Waals surface area contributed by atoms with Crippen LogP contribution in [0.3, 0.4) is 0 Å². The Bertz CT molecular complexity index is 916. The van der Waals surface area contributed by atoms with Gasteiger partial charge in [-0.2, -0.15) is 0 Å². The molecule has 1 N–H and O–H groups in total. The number of nitrogens with one attached hydrogen (secondary N) is 1. The molecule has 0 aliphatic carbocycles. The molecule has 4 heteroatoms. The van der Waals surface area contributed by atoms with E-state index in [-0.39, 0.29) is 11.8 Å². The molecule has 3 aromatic rings. The van der Waals surface area contributed by atoms with Crippen molar-refractivity contribution in [3.63, 3.8) is 0 Å². The third-order valence-electron chi connectivity index (χ3n) is 5.70. The number of carbonyl (C=O) groups is 1. The van der Waals surface area contributed by atoms with E-state index in [1.165, 1.54) is 22.3 Å². The van der Waals surface area contributed by atoms with Gasteiger partial charge in [-0.05, 0) is 59.4 Å². The molecule has 0 bridgehead atoms. The minimum Gasteiger partial charge on any atom is -0.497 e. The average molecular weight is 432 g/mol. The molecule has 0 unspecified atom stereocenters. The second-order valence-corrected chi connectivity index (χ2v) is 7.92. The molecule has 168 valence electrons. The van der Waals surface area contributed by atoms with Gasteiger partial charge < -0.3 is 14.8 Å². The molecule has 32 heavy (non-hydrogen) atoms. The van der Waals surface area contributed by atoms with Crippen LogP contribution in [-0.4, -0.2) is 26.7 Å². The number of carbonyl (C=O) groups excluding carboxylic acids is 1. The van der Waals surface area contributed by atoms with E-state index in [2.05, 4.69) is 60.8 Å². The van der Waals surface area contributed by atoms with E-state index in [9.17, 15) is 4.79 Å². The summed E-state index contributed by atoms with van der Waals surface area (Å²) in [5, 5.41) is 2.99. The molecule has 4 nitrogen and oxygen atoms in total. The van der Waals surface area contributed by atoms with Crippen molar-refractivity contribution in [2.45, 2.75) is 38.5 Å². The minimum atomic E-state index is 0.0956. The molecule has 3 rings (SSSR count). The SMILES string of the molecule is CCCCNC(=O)CCc1ccc(C(c2ccc(OC)cc2)c2ccc(OC)cc2)cc1. The second-order valence-electron chi connectivity index (χ2n) is 7.92. The van der Waals surface area contributed by atoms with Gasteiger partial charge >= 0.3 is 0 Å². The Morgan fingerprint density at radius 2 is 1.25 bits per heavy atom.